The van der Waals surface area contributed by atoms with E-state index in [9.17, 15) is 14.7 Å². The van der Waals surface area contributed by atoms with Crippen LogP contribution in [0.15, 0.2) is 29.1 Å². The van der Waals surface area contributed by atoms with Gasteiger partial charge in [-0.25, -0.2) is 9.78 Å². The van der Waals surface area contributed by atoms with Crippen molar-refractivity contribution in [2.45, 2.75) is 58.4 Å². The van der Waals surface area contributed by atoms with Crippen molar-refractivity contribution in [3.05, 3.63) is 50.9 Å². The molecule has 35 heavy (non-hydrogen) atoms. The Labute approximate surface area is 207 Å². The fourth-order valence-electron chi connectivity index (χ4n) is 3.89. The second-order valence-corrected chi connectivity index (χ2v) is 10.0. The van der Waals surface area contributed by atoms with Gasteiger partial charge in [-0.15, -0.1) is 11.3 Å². The molecule has 2 aromatic heterocycles. The van der Waals surface area contributed by atoms with Crippen LogP contribution in [0.2, 0.25) is 0 Å². The molecule has 0 amide bonds. The van der Waals surface area contributed by atoms with Gasteiger partial charge < -0.3 is 24.3 Å². The number of nitrogens with one attached hydrogen (secondary N) is 1. The highest BCUT2D eigenvalue weighted by molar-refractivity contribution is 7.20. The monoisotopic (exact) mass is 501 g/mol. The van der Waals surface area contributed by atoms with Gasteiger partial charge in [0.25, 0.3) is 5.56 Å². The molecular weight excluding hydrogens is 470 g/mol. The number of aromatic nitrogens is 2. The number of hydrogen-bond acceptors (Lipinski definition) is 9. The van der Waals surface area contributed by atoms with Crippen molar-refractivity contribution in [1.82, 2.24) is 14.9 Å². The SMILES string of the molecule is COc1ccc(OCC(O)CN(Cc2nc3sc(C(=O)OC(C)C)c(C)c3c(=O)[nH]2)C2CC2)cc1. The van der Waals surface area contributed by atoms with E-state index in [2.05, 4.69) is 14.9 Å². The van der Waals surface area contributed by atoms with Crippen LogP contribution in [0.3, 0.4) is 0 Å². The summed E-state index contributed by atoms with van der Waals surface area (Å²) in [6.45, 7) is 6.22. The van der Waals surface area contributed by atoms with Gasteiger partial charge in [0.05, 0.1) is 25.1 Å². The van der Waals surface area contributed by atoms with E-state index in [0.29, 0.717) is 51.4 Å². The minimum absolute atomic E-state index is 0.143. The first kappa shape index (κ1) is 25.2. The third kappa shape index (κ3) is 6.19. The number of aromatic amines is 1. The van der Waals surface area contributed by atoms with Crippen LogP contribution < -0.4 is 15.0 Å². The van der Waals surface area contributed by atoms with Gasteiger partial charge in [0.1, 0.15) is 39.7 Å². The molecule has 1 saturated carbocycles. The fourth-order valence-corrected chi connectivity index (χ4v) is 4.97. The maximum absolute atomic E-state index is 12.8. The van der Waals surface area contributed by atoms with E-state index >= 15 is 0 Å². The number of fused-ring (bicyclic) bond motifs is 1. The van der Waals surface area contributed by atoms with Crippen LogP contribution >= 0.6 is 11.3 Å². The molecule has 1 aromatic carbocycles. The molecule has 1 fully saturated rings. The van der Waals surface area contributed by atoms with E-state index in [1.807, 2.05) is 0 Å². The molecule has 2 N–H and O–H groups in total. The molecule has 1 atom stereocenters. The second-order valence-electron chi connectivity index (χ2n) is 9.00. The topological polar surface area (TPSA) is 114 Å². The van der Waals surface area contributed by atoms with Crippen molar-refractivity contribution in [1.29, 1.82) is 0 Å². The van der Waals surface area contributed by atoms with E-state index in [1.54, 1.807) is 52.1 Å². The number of carbonyl (C=O) groups excluding carboxylic acids is 1. The predicted molar refractivity (Wildman–Crippen MR) is 133 cm³/mol. The van der Waals surface area contributed by atoms with E-state index in [1.165, 1.54) is 11.3 Å². The van der Waals surface area contributed by atoms with E-state index in [0.717, 1.165) is 18.6 Å². The molecule has 0 radical (unpaired) electrons. The molecule has 0 spiro atoms. The average Bonchev–Trinajstić information content (AvgIpc) is 3.60. The van der Waals surface area contributed by atoms with Gasteiger partial charge in [-0.2, -0.15) is 0 Å². The van der Waals surface area contributed by atoms with Crippen LogP contribution in [0.5, 0.6) is 11.5 Å². The number of nitrogens with zero attached hydrogens (tertiary/aromatic N) is 2. The van der Waals surface area contributed by atoms with Crippen LogP contribution in [0, 0.1) is 6.92 Å². The van der Waals surface area contributed by atoms with Gasteiger partial charge in [0, 0.05) is 12.6 Å². The summed E-state index contributed by atoms with van der Waals surface area (Å²) in [5, 5.41) is 11.0. The molecule has 1 aliphatic rings. The summed E-state index contributed by atoms with van der Waals surface area (Å²) in [6, 6.07) is 7.52. The van der Waals surface area contributed by atoms with Crippen LogP contribution in [-0.2, 0) is 11.3 Å². The molecule has 2 heterocycles. The maximum Gasteiger partial charge on any atom is 0.348 e. The number of aryl methyl sites for hydroxylation is 1. The summed E-state index contributed by atoms with van der Waals surface area (Å²) in [7, 11) is 1.60. The van der Waals surface area contributed by atoms with Crippen molar-refractivity contribution in [3.63, 3.8) is 0 Å². The minimum Gasteiger partial charge on any atom is -0.497 e. The summed E-state index contributed by atoms with van der Waals surface area (Å²) in [5.74, 6) is 1.45. The first-order chi connectivity index (χ1) is 16.7. The number of ether oxygens (including phenoxy) is 3. The van der Waals surface area contributed by atoms with Crippen molar-refractivity contribution in [3.8, 4) is 11.5 Å². The zero-order valence-electron chi connectivity index (χ0n) is 20.4. The van der Waals surface area contributed by atoms with Gasteiger partial charge in [0.2, 0.25) is 0 Å². The van der Waals surface area contributed by atoms with Gasteiger partial charge in [-0.05, 0) is 63.4 Å². The standard InChI is InChI=1S/C25H31N3O6S/c1-14(2)34-25(31)22-15(3)21-23(30)26-20(27-24(21)35-22)12-28(16-5-6-16)11-17(29)13-33-19-9-7-18(32-4)8-10-19/h7-10,14,16-17,29H,5-6,11-13H2,1-4H3,(H,26,27,30). The molecule has 4 rings (SSSR count). The van der Waals surface area contributed by atoms with Crippen molar-refractivity contribution < 1.29 is 24.1 Å². The number of H-pyrrole nitrogens is 1. The molecule has 1 aliphatic carbocycles. The van der Waals surface area contributed by atoms with E-state index in [-0.39, 0.29) is 18.3 Å². The Hall–Kier alpha value is -2.95. The molecular formula is C25H31N3O6S. The molecule has 188 valence electrons. The number of esters is 1. The third-order valence-corrected chi connectivity index (χ3v) is 6.91. The first-order valence-corrected chi connectivity index (χ1v) is 12.5. The summed E-state index contributed by atoms with van der Waals surface area (Å²) < 4.78 is 16.2. The Morgan fingerprint density at radius 2 is 1.94 bits per heavy atom. The maximum atomic E-state index is 12.8. The van der Waals surface area contributed by atoms with Crippen molar-refractivity contribution >= 4 is 27.5 Å². The third-order valence-electron chi connectivity index (χ3n) is 5.74. The molecule has 0 bridgehead atoms. The van der Waals surface area contributed by atoms with Gasteiger partial charge in [-0.1, -0.05) is 0 Å². The van der Waals surface area contributed by atoms with Crippen LogP contribution in [-0.4, -0.2) is 64.5 Å². The normalized spacial score (nSPS) is 14.5. The highest BCUT2D eigenvalue weighted by Crippen LogP contribution is 2.30. The van der Waals surface area contributed by atoms with E-state index < -0.39 is 12.1 Å². The van der Waals surface area contributed by atoms with Crippen molar-refractivity contribution in [2.24, 2.45) is 0 Å². The second kappa shape index (κ2) is 10.8. The lowest BCUT2D eigenvalue weighted by Crippen LogP contribution is -2.37. The van der Waals surface area contributed by atoms with Crippen LogP contribution in [0.25, 0.3) is 10.2 Å². The Kier molecular flexibility index (Phi) is 7.73. The van der Waals surface area contributed by atoms with Crippen molar-refractivity contribution in [2.75, 3.05) is 20.3 Å². The lowest BCUT2D eigenvalue weighted by atomic mass is 10.2. The number of hydrogen-bond donors (Lipinski definition) is 2. The molecule has 3 aromatic rings. The van der Waals surface area contributed by atoms with Crippen LogP contribution in [0.4, 0.5) is 0 Å². The molecule has 0 saturated heterocycles. The number of aliphatic hydroxyl groups is 1. The average molecular weight is 502 g/mol. The largest absolute Gasteiger partial charge is 0.497 e. The number of benzene rings is 1. The summed E-state index contributed by atoms with van der Waals surface area (Å²) in [5.41, 5.74) is 0.308. The molecule has 9 nitrogen and oxygen atoms in total. The highest BCUT2D eigenvalue weighted by atomic mass is 32.1. The molecule has 0 aliphatic heterocycles. The Morgan fingerprint density at radius 1 is 1.26 bits per heavy atom. The zero-order chi connectivity index (χ0) is 25.1. The van der Waals surface area contributed by atoms with Gasteiger partial charge in [0.15, 0.2) is 0 Å². The fraction of sp³-hybridized carbons (Fsp3) is 0.480. The Morgan fingerprint density at radius 3 is 2.57 bits per heavy atom. The number of methoxy groups -OCH3 is 1. The summed E-state index contributed by atoms with van der Waals surface area (Å²) in [6.07, 6.45) is 1.10. The van der Waals surface area contributed by atoms with Crippen LogP contribution in [0.1, 0.15) is 47.7 Å². The number of aliphatic hydroxyl groups excluding tert-OH is 1. The lowest BCUT2D eigenvalue weighted by Gasteiger charge is -2.24. The molecule has 1 unspecified atom stereocenters. The summed E-state index contributed by atoms with van der Waals surface area (Å²) >= 11 is 1.17. The Balaban J connectivity index is 1.44. The number of carbonyl (C=O) groups is 1. The predicted octanol–water partition coefficient (Wildman–Crippen LogP) is 3.27. The molecule has 10 heteroatoms. The number of rotatable bonds is 11. The Bertz CT molecular complexity index is 1230. The summed E-state index contributed by atoms with van der Waals surface area (Å²) in [4.78, 5) is 35.8. The quantitative estimate of drug-likeness (QED) is 0.385. The van der Waals surface area contributed by atoms with E-state index in [4.69, 9.17) is 14.2 Å². The highest BCUT2D eigenvalue weighted by Gasteiger charge is 2.31. The minimum atomic E-state index is -0.713. The lowest BCUT2D eigenvalue weighted by molar-refractivity contribution is 0.0383. The van der Waals surface area contributed by atoms with Gasteiger partial charge >= 0.3 is 5.97 Å². The smallest absolute Gasteiger partial charge is 0.348 e. The van der Waals surface area contributed by atoms with Gasteiger partial charge in [-0.3, -0.25) is 9.69 Å². The number of thiophene rings is 1. The first-order valence-electron chi connectivity index (χ1n) is 11.7. The zero-order valence-corrected chi connectivity index (χ0v) is 21.2.